The second-order valence-electron chi connectivity index (χ2n) is 4.65. The predicted molar refractivity (Wildman–Crippen MR) is 76.2 cm³/mol. The summed E-state index contributed by atoms with van der Waals surface area (Å²) in [7, 11) is 0. The lowest BCUT2D eigenvalue weighted by atomic mass is 9.99. The quantitative estimate of drug-likeness (QED) is 0.665. The maximum Gasteiger partial charge on any atom is 0.224 e. The van der Waals surface area contributed by atoms with E-state index in [1.54, 1.807) is 0 Å². The van der Waals surface area contributed by atoms with E-state index in [4.69, 9.17) is 4.74 Å². The minimum atomic E-state index is 0. The van der Waals surface area contributed by atoms with Crippen molar-refractivity contribution in [3.05, 3.63) is 0 Å². The average Bonchev–Trinajstić information content (AvgIpc) is 2.38. The molecular weight excluding hydrogens is 252 g/mol. The Kier molecular flexibility index (Phi) is 11.5. The number of carbonyl (C=O) groups excluding carboxylic acids is 1. The third kappa shape index (κ3) is 7.90. The second kappa shape index (κ2) is 11.8. The van der Waals surface area contributed by atoms with Crippen LogP contribution in [0.5, 0.6) is 0 Å². The standard InChI is InChI=1S/C13H26N2O2.ClH/c1-2-3-9-17-10-5-8-15-13(16)12-6-4-7-14-11-12;/h12,14H,2-11H2,1H3,(H,15,16);1H. The maximum absolute atomic E-state index is 11.7. The van der Waals surface area contributed by atoms with Gasteiger partial charge in [-0.2, -0.15) is 0 Å². The number of carbonyl (C=O) groups is 1. The van der Waals surface area contributed by atoms with Crippen molar-refractivity contribution < 1.29 is 9.53 Å². The van der Waals surface area contributed by atoms with Gasteiger partial charge in [-0.3, -0.25) is 4.79 Å². The Morgan fingerprint density at radius 2 is 2.17 bits per heavy atom. The molecule has 18 heavy (non-hydrogen) atoms. The van der Waals surface area contributed by atoms with E-state index in [-0.39, 0.29) is 24.2 Å². The van der Waals surface area contributed by atoms with Crippen LogP contribution in [0.1, 0.15) is 39.0 Å². The number of halogens is 1. The van der Waals surface area contributed by atoms with Gasteiger partial charge in [-0.25, -0.2) is 0 Å². The smallest absolute Gasteiger partial charge is 0.224 e. The van der Waals surface area contributed by atoms with E-state index in [1.165, 1.54) is 6.42 Å². The van der Waals surface area contributed by atoms with Crippen LogP contribution in [0.3, 0.4) is 0 Å². The highest BCUT2D eigenvalue weighted by Gasteiger charge is 2.19. The molecule has 2 N–H and O–H groups in total. The largest absolute Gasteiger partial charge is 0.381 e. The molecule has 0 saturated carbocycles. The summed E-state index contributed by atoms with van der Waals surface area (Å²) >= 11 is 0. The van der Waals surface area contributed by atoms with Crippen molar-refractivity contribution in [2.45, 2.75) is 39.0 Å². The molecule has 0 spiro atoms. The normalized spacial score (nSPS) is 19.1. The Morgan fingerprint density at radius 1 is 1.39 bits per heavy atom. The first-order chi connectivity index (χ1) is 8.34. The van der Waals surface area contributed by atoms with Gasteiger partial charge in [0, 0.05) is 26.3 Å². The summed E-state index contributed by atoms with van der Waals surface area (Å²) in [5.74, 6) is 0.371. The number of unbranched alkanes of at least 4 members (excludes halogenated alkanes) is 1. The molecule has 0 bridgehead atoms. The number of nitrogens with one attached hydrogen (secondary N) is 2. The summed E-state index contributed by atoms with van der Waals surface area (Å²) in [4.78, 5) is 11.7. The Hall–Kier alpha value is -0.320. The molecular formula is C13H27ClN2O2. The Morgan fingerprint density at radius 3 is 2.83 bits per heavy atom. The summed E-state index contributed by atoms with van der Waals surface area (Å²) in [5, 5.41) is 6.24. The molecule has 1 amide bonds. The molecule has 0 aromatic rings. The molecule has 4 nitrogen and oxygen atoms in total. The van der Waals surface area contributed by atoms with Crippen LogP contribution in [0.4, 0.5) is 0 Å². The van der Waals surface area contributed by atoms with E-state index in [9.17, 15) is 4.79 Å². The molecule has 0 aromatic carbocycles. The highest BCUT2D eigenvalue weighted by molar-refractivity contribution is 5.85. The van der Waals surface area contributed by atoms with Gasteiger partial charge in [0.2, 0.25) is 5.91 Å². The van der Waals surface area contributed by atoms with E-state index in [2.05, 4.69) is 17.6 Å². The van der Waals surface area contributed by atoms with E-state index >= 15 is 0 Å². The van der Waals surface area contributed by atoms with Crippen LogP contribution in [0, 0.1) is 5.92 Å². The third-order valence-corrected chi connectivity index (χ3v) is 3.07. The number of piperidine rings is 1. The van der Waals surface area contributed by atoms with E-state index in [0.717, 1.165) is 58.5 Å². The molecule has 1 atom stereocenters. The molecule has 1 aliphatic heterocycles. The van der Waals surface area contributed by atoms with Crippen LogP contribution in [-0.2, 0) is 9.53 Å². The lowest BCUT2D eigenvalue weighted by Gasteiger charge is -2.21. The number of rotatable bonds is 8. The van der Waals surface area contributed by atoms with Gasteiger partial charge in [-0.05, 0) is 32.2 Å². The topological polar surface area (TPSA) is 50.4 Å². The molecule has 1 unspecified atom stereocenters. The SMILES string of the molecule is CCCCOCCCNC(=O)C1CCCNC1.Cl. The van der Waals surface area contributed by atoms with Crippen LogP contribution >= 0.6 is 12.4 Å². The van der Waals surface area contributed by atoms with Crippen molar-refractivity contribution >= 4 is 18.3 Å². The third-order valence-electron chi connectivity index (χ3n) is 3.07. The summed E-state index contributed by atoms with van der Waals surface area (Å²) in [5.41, 5.74) is 0. The van der Waals surface area contributed by atoms with Gasteiger partial charge in [-0.1, -0.05) is 13.3 Å². The molecule has 5 heteroatoms. The minimum Gasteiger partial charge on any atom is -0.381 e. The summed E-state index contributed by atoms with van der Waals surface area (Å²) in [6, 6.07) is 0. The fourth-order valence-electron chi connectivity index (χ4n) is 1.95. The zero-order chi connectivity index (χ0) is 12.3. The zero-order valence-corrected chi connectivity index (χ0v) is 12.2. The van der Waals surface area contributed by atoms with Crippen molar-refractivity contribution in [1.82, 2.24) is 10.6 Å². The molecule has 0 radical (unpaired) electrons. The average molecular weight is 279 g/mol. The van der Waals surface area contributed by atoms with Crippen LogP contribution in [0.25, 0.3) is 0 Å². The zero-order valence-electron chi connectivity index (χ0n) is 11.4. The Labute approximate surface area is 117 Å². The van der Waals surface area contributed by atoms with Crippen molar-refractivity contribution in [2.75, 3.05) is 32.8 Å². The number of hydrogen-bond acceptors (Lipinski definition) is 3. The first kappa shape index (κ1) is 17.7. The van der Waals surface area contributed by atoms with Gasteiger partial charge < -0.3 is 15.4 Å². The van der Waals surface area contributed by atoms with Gasteiger partial charge in [0.05, 0.1) is 5.92 Å². The molecule has 108 valence electrons. The lowest BCUT2D eigenvalue weighted by molar-refractivity contribution is -0.125. The molecule has 0 aromatic heterocycles. The van der Waals surface area contributed by atoms with Gasteiger partial charge in [0.25, 0.3) is 0 Å². The van der Waals surface area contributed by atoms with E-state index < -0.39 is 0 Å². The van der Waals surface area contributed by atoms with Gasteiger partial charge in [-0.15, -0.1) is 12.4 Å². The molecule has 1 heterocycles. The van der Waals surface area contributed by atoms with Crippen LogP contribution < -0.4 is 10.6 Å². The van der Waals surface area contributed by atoms with Crippen LogP contribution in [0.2, 0.25) is 0 Å². The van der Waals surface area contributed by atoms with Gasteiger partial charge in [0.15, 0.2) is 0 Å². The molecule has 1 fully saturated rings. The number of ether oxygens (including phenoxy) is 1. The van der Waals surface area contributed by atoms with Crippen LogP contribution in [-0.4, -0.2) is 38.8 Å². The van der Waals surface area contributed by atoms with Gasteiger partial charge >= 0.3 is 0 Å². The number of hydrogen-bond donors (Lipinski definition) is 2. The van der Waals surface area contributed by atoms with Crippen molar-refractivity contribution in [3.8, 4) is 0 Å². The Balaban J connectivity index is 0.00000289. The van der Waals surface area contributed by atoms with Crippen molar-refractivity contribution in [3.63, 3.8) is 0 Å². The first-order valence-corrected chi connectivity index (χ1v) is 6.90. The van der Waals surface area contributed by atoms with Gasteiger partial charge in [0.1, 0.15) is 0 Å². The van der Waals surface area contributed by atoms with E-state index in [1.807, 2.05) is 0 Å². The summed E-state index contributed by atoms with van der Waals surface area (Å²) in [6.07, 6.45) is 5.34. The Bertz CT molecular complexity index is 209. The lowest BCUT2D eigenvalue weighted by Crippen LogP contribution is -2.40. The monoisotopic (exact) mass is 278 g/mol. The van der Waals surface area contributed by atoms with Crippen LogP contribution in [0.15, 0.2) is 0 Å². The molecule has 1 aliphatic rings. The number of amides is 1. The predicted octanol–water partition coefficient (Wildman–Crippen LogP) is 1.73. The van der Waals surface area contributed by atoms with E-state index in [0.29, 0.717) is 0 Å². The van der Waals surface area contributed by atoms with Crippen molar-refractivity contribution in [2.24, 2.45) is 5.92 Å². The fraction of sp³-hybridized carbons (Fsp3) is 0.923. The summed E-state index contributed by atoms with van der Waals surface area (Å²) < 4.78 is 5.44. The fourth-order valence-corrected chi connectivity index (χ4v) is 1.95. The molecule has 1 rings (SSSR count). The minimum absolute atomic E-state index is 0. The first-order valence-electron chi connectivity index (χ1n) is 6.90. The molecule has 0 aliphatic carbocycles. The molecule has 1 saturated heterocycles. The second-order valence-corrected chi connectivity index (χ2v) is 4.65. The highest BCUT2D eigenvalue weighted by Crippen LogP contribution is 2.09. The summed E-state index contributed by atoms with van der Waals surface area (Å²) in [6.45, 7) is 6.37. The highest BCUT2D eigenvalue weighted by atomic mass is 35.5. The van der Waals surface area contributed by atoms with Crippen molar-refractivity contribution in [1.29, 1.82) is 0 Å². The maximum atomic E-state index is 11.7.